The first-order chi connectivity index (χ1) is 33.1. The molecule has 8 aromatic carbocycles. The van der Waals surface area contributed by atoms with Gasteiger partial charge >= 0.3 is 0 Å². The maximum absolute atomic E-state index is 6.67. The van der Waals surface area contributed by atoms with Crippen molar-refractivity contribution in [3.05, 3.63) is 192 Å². The SMILES string of the molecule is Cc1cc2c3c(c1)N(c1ccc4c(c1)C(C)(C)CCC4(C)C)c1cc4c(cc1B3c1ccc(N(c3ccccc3)c3ccccc3)cc1N2c1ccc2c(c1)oc1ccccc12)C(C)(C)CC4(C)C. The van der Waals surface area contributed by atoms with E-state index in [1.807, 2.05) is 0 Å². The average Bonchev–Trinajstić information content (AvgIpc) is 3.79. The molecule has 0 fully saturated rings. The highest BCUT2D eigenvalue weighted by Crippen LogP contribution is 2.54. The highest BCUT2D eigenvalue weighted by atomic mass is 16.3. The molecule has 0 saturated carbocycles. The topological polar surface area (TPSA) is 22.9 Å². The number of hydrogen-bond acceptors (Lipinski definition) is 4. The predicted molar refractivity (Wildman–Crippen MR) is 293 cm³/mol. The van der Waals surface area contributed by atoms with Gasteiger partial charge < -0.3 is 19.1 Å². The van der Waals surface area contributed by atoms with E-state index in [2.05, 4.69) is 241 Å². The molecule has 9 aromatic rings. The molecule has 0 radical (unpaired) electrons. The number of aryl methyl sites for hydroxylation is 1. The molecule has 5 heteroatoms. The van der Waals surface area contributed by atoms with Crippen LogP contribution in [0.4, 0.5) is 51.2 Å². The minimum Gasteiger partial charge on any atom is -0.456 e. The molecule has 0 spiro atoms. The Morgan fingerprint density at radius 3 is 1.67 bits per heavy atom. The molecule has 0 amide bonds. The zero-order valence-corrected chi connectivity index (χ0v) is 41.5. The number of benzene rings is 8. The number of para-hydroxylation sites is 3. The summed E-state index contributed by atoms with van der Waals surface area (Å²) in [7, 11) is 0. The summed E-state index contributed by atoms with van der Waals surface area (Å²) in [6.07, 6.45) is 3.46. The highest BCUT2D eigenvalue weighted by molar-refractivity contribution is 7.00. The number of fused-ring (bicyclic) bond motifs is 9. The minimum atomic E-state index is -0.0169. The van der Waals surface area contributed by atoms with E-state index in [-0.39, 0.29) is 28.4 Å². The summed E-state index contributed by atoms with van der Waals surface area (Å²) in [5.41, 5.74) is 23.7. The second kappa shape index (κ2) is 14.5. The molecular weight excluding hydrogens is 838 g/mol. The van der Waals surface area contributed by atoms with E-state index in [0.717, 1.165) is 51.1 Å². The monoisotopic (exact) mass is 897 g/mol. The third-order valence-corrected chi connectivity index (χ3v) is 16.7. The fourth-order valence-corrected chi connectivity index (χ4v) is 13.4. The second-order valence-corrected chi connectivity index (χ2v) is 23.2. The predicted octanol–water partition coefficient (Wildman–Crippen LogP) is 15.8. The lowest BCUT2D eigenvalue weighted by molar-refractivity contribution is 0.332. The van der Waals surface area contributed by atoms with Crippen LogP contribution >= 0.6 is 0 Å². The number of furan rings is 1. The van der Waals surface area contributed by atoms with Gasteiger partial charge in [0.25, 0.3) is 6.71 Å². The Morgan fingerprint density at radius 2 is 0.986 bits per heavy atom. The third-order valence-electron chi connectivity index (χ3n) is 16.7. The molecule has 1 aromatic heterocycles. The van der Waals surface area contributed by atoms with Gasteiger partial charge in [0, 0.05) is 68.0 Å². The molecule has 0 atom stereocenters. The first kappa shape index (κ1) is 42.2. The van der Waals surface area contributed by atoms with Crippen LogP contribution in [0.15, 0.2) is 168 Å². The van der Waals surface area contributed by atoms with Crippen molar-refractivity contribution in [2.75, 3.05) is 14.7 Å². The van der Waals surface area contributed by atoms with Gasteiger partial charge in [0.2, 0.25) is 0 Å². The average molecular weight is 898 g/mol. The van der Waals surface area contributed by atoms with E-state index in [1.54, 1.807) is 0 Å². The van der Waals surface area contributed by atoms with Gasteiger partial charge in [-0.05, 0) is 177 Å². The van der Waals surface area contributed by atoms with Crippen LogP contribution in [0.3, 0.4) is 0 Å². The Bertz CT molecular complexity index is 3540. The molecule has 3 heterocycles. The zero-order valence-electron chi connectivity index (χ0n) is 41.5. The van der Waals surface area contributed by atoms with Crippen LogP contribution in [-0.4, -0.2) is 6.71 Å². The second-order valence-electron chi connectivity index (χ2n) is 23.2. The number of nitrogens with zero attached hydrogens (tertiary/aromatic N) is 3. The number of rotatable bonds is 5. The summed E-state index contributed by atoms with van der Waals surface area (Å²) < 4.78 is 6.67. The maximum Gasteiger partial charge on any atom is 0.252 e. The molecule has 2 aliphatic carbocycles. The van der Waals surface area contributed by atoms with Crippen molar-refractivity contribution in [1.29, 1.82) is 0 Å². The summed E-state index contributed by atoms with van der Waals surface area (Å²) in [6.45, 7) is 21.9. The lowest BCUT2D eigenvalue weighted by atomic mass is 9.33. The van der Waals surface area contributed by atoms with Crippen LogP contribution in [0.5, 0.6) is 0 Å². The van der Waals surface area contributed by atoms with Crippen molar-refractivity contribution >= 4 is 96.2 Å². The smallest absolute Gasteiger partial charge is 0.252 e. The quantitative estimate of drug-likeness (QED) is 0.161. The van der Waals surface area contributed by atoms with Crippen molar-refractivity contribution in [2.24, 2.45) is 0 Å². The summed E-state index contributed by atoms with van der Waals surface area (Å²) in [5.74, 6) is 0. The van der Waals surface area contributed by atoms with E-state index < -0.39 is 0 Å². The summed E-state index contributed by atoms with van der Waals surface area (Å²) in [4.78, 5) is 7.60. The zero-order chi connectivity index (χ0) is 47.4. The Hall–Kier alpha value is -6.98. The van der Waals surface area contributed by atoms with Gasteiger partial charge in [-0.15, -0.1) is 0 Å². The summed E-state index contributed by atoms with van der Waals surface area (Å²) in [6, 6.07) is 61.7. The molecule has 13 rings (SSSR count). The Labute approximate surface area is 408 Å². The van der Waals surface area contributed by atoms with Crippen molar-refractivity contribution in [3.63, 3.8) is 0 Å². The lowest BCUT2D eigenvalue weighted by Crippen LogP contribution is -2.61. The van der Waals surface area contributed by atoms with Gasteiger partial charge in [0.15, 0.2) is 0 Å². The molecule has 4 nitrogen and oxygen atoms in total. The molecule has 2 aliphatic heterocycles. The van der Waals surface area contributed by atoms with E-state index >= 15 is 0 Å². The van der Waals surface area contributed by atoms with E-state index in [1.165, 1.54) is 85.5 Å². The highest BCUT2D eigenvalue weighted by Gasteiger charge is 2.49. The molecule has 340 valence electrons. The third kappa shape index (κ3) is 6.28. The fourth-order valence-electron chi connectivity index (χ4n) is 13.4. The first-order valence-corrected chi connectivity index (χ1v) is 25.1. The van der Waals surface area contributed by atoms with Crippen LogP contribution in [0.2, 0.25) is 0 Å². The van der Waals surface area contributed by atoms with Gasteiger partial charge in [0.1, 0.15) is 11.2 Å². The number of hydrogen-bond donors (Lipinski definition) is 0. The van der Waals surface area contributed by atoms with Crippen molar-refractivity contribution < 1.29 is 4.42 Å². The molecule has 4 aliphatic rings. The van der Waals surface area contributed by atoms with Crippen LogP contribution in [0.1, 0.15) is 102 Å². The molecular formula is C64H60BN3O. The van der Waals surface area contributed by atoms with Gasteiger partial charge in [-0.25, -0.2) is 0 Å². The largest absolute Gasteiger partial charge is 0.456 e. The van der Waals surface area contributed by atoms with Crippen LogP contribution in [0, 0.1) is 6.92 Å². The van der Waals surface area contributed by atoms with Crippen molar-refractivity contribution in [3.8, 4) is 0 Å². The maximum atomic E-state index is 6.67. The van der Waals surface area contributed by atoms with Crippen molar-refractivity contribution in [2.45, 2.75) is 103 Å². The minimum absolute atomic E-state index is 0.0169. The van der Waals surface area contributed by atoms with Gasteiger partial charge in [-0.2, -0.15) is 0 Å². The van der Waals surface area contributed by atoms with Crippen LogP contribution in [-0.2, 0) is 21.7 Å². The first-order valence-electron chi connectivity index (χ1n) is 25.1. The summed E-state index contributed by atoms with van der Waals surface area (Å²) >= 11 is 0. The normalized spacial score (nSPS) is 17.6. The van der Waals surface area contributed by atoms with Gasteiger partial charge in [-0.1, -0.05) is 128 Å². The van der Waals surface area contributed by atoms with Crippen LogP contribution < -0.4 is 31.1 Å². The molecule has 0 unspecified atom stereocenters. The Kier molecular flexibility index (Phi) is 8.87. The van der Waals surface area contributed by atoms with E-state index in [4.69, 9.17) is 4.42 Å². The standard InChI is InChI=1S/C64H60BN3O/c1-40-32-56-60-57(33-40)68(45-24-27-47-46-22-16-17-23-58(46)69-59(47)36-45)54-35-44(66(41-18-12-10-13-19-41)42-20-14-11-15-21-42)26-29-52(54)65(60)53-37-50-51(64(8,9)39-63(50,6)7)38-55(53)67(56)43-25-28-48-49(34-43)62(4,5)31-30-61(48,2)3/h10-29,32-38H,30-31,39H2,1-9H3. The molecule has 0 N–H and O–H groups in total. The lowest BCUT2D eigenvalue weighted by Gasteiger charge is -2.46. The molecule has 0 saturated heterocycles. The summed E-state index contributed by atoms with van der Waals surface area (Å²) in [5, 5.41) is 2.26. The Morgan fingerprint density at radius 1 is 0.435 bits per heavy atom. The molecule has 0 bridgehead atoms. The Balaban J connectivity index is 1.12. The van der Waals surface area contributed by atoms with Gasteiger partial charge in [-0.3, -0.25) is 0 Å². The fraction of sp³-hybridized carbons (Fsp3) is 0.250. The number of anilines is 9. The van der Waals surface area contributed by atoms with Crippen LogP contribution in [0.25, 0.3) is 21.9 Å². The van der Waals surface area contributed by atoms with Crippen molar-refractivity contribution in [1.82, 2.24) is 0 Å². The molecule has 69 heavy (non-hydrogen) atoms. The van der Waals surface area contributed by atoms with Gasteiger partial charge in [0.05, 0.1) is 0 Å². The van der Waals surface area contributed by atoms with E-state index in [0.29, 0.717) is 0 Å². The van der Waals surface area contributed by atoms with E-state index in [9.17, 15) is 0 Å².